The van der Waals surface area contributed by atoms with Gasteiger partial charge in [-0.25, -0.2) is 14.8 Å². The Kier molecular flexibility index (Phi) is 3.38. The van der Waals surface area contributed by atoms with Crippen LogP contribution in [0.25, 0.3) is 0 Å². The van der Waals surface area contributed by atoms with E-state index in [1.54, 1.807) is 6.07 Å². The molecule has 92 valence electrons. The third-order valence-corrected chi connectivity index (χ3v) is 2.36. The van der Waals surface area contributed by atoms with E-state index in [4.69, 9.17) is 9.52 Å². The fraction of sp³-hybridized carbons (Fsp3) is 0. The van der Waals surface area contributed by atoms with E-state index >= 15 is 0 Å². The molecule has 0 atom stereocenters. The molecule has 2 N–H and O–H groups in total. The first-order valence-electron chi connectivity index (χ1n) is 4.69. The maximum atomic E-state index is 11.7. The Morgan fingerprint density at radius 2 is 2.00 bits per heavy atom. The van der Waals surface area contributed by atoms with Gasteiger partial charge >= 0.3 is 5.97 Å². The molecule has 7 nitrogen and oxygen atoms in total. The van der Waals surface area contributed by atoms with Gasteiger partial charge in [0.1, 0.15) is 0 Å². The van der Waals surface area contributed by atoms with Crippen LogP contribution in [-0.4, -0.2) is 27.0 Å². The van der Waals surface area contributed by atoms with Gasteiger partial charge in [-0.15, -0.1) is 0 Å². The van der Waals surface area contributed by atoms with Gasteiger partial charge in [0.15, 0.2) is 21.9 Å². The van der Waals surface area contributed by atoms with E-state index in [1.807, 2.05) is 0 Å². The molecule has 0 aliphatic carbocycles. The number of carbonyl (C=O) groups is 2. The van der Waals surface area contributed by atoms with Crippen LogP contribution in [0.15, 0.2) is 33.6 Å². The van der Waals surface area contributed by atoms with Crippen LogP contribution in [0.1, 0.15) is 21.0 Å². The van der Waals surface area contributed by atoms with Gasteiger partial charge in [0, 0.05) is 12.4 Å². The van der Waals surface area contributed by atoms with Gasteiger partial charge in [-0.3, -0.25) is 4.79 Å². The summed E-state index contributed by atoms with van der Waals surface area (Å²) in [6.07, 6.45) is 2.50. The zero-order chi connectivity index (χ0) is 13.1. The molecule has 2 aromatic heterocycles. The number of carbonyl (C=O) groups excluding carboxylic acids is 1. The number of nitrogens with one attached hydrogen (secondary N) is 1. The number of halogens is 1. The van der Waals surface area contributed by atoms with Crippen molar-refractivity contribution in [1.29, 1.82) is 0 Å². The number of rotatable bonds is 3. The first kappa shape index (κ1) is 12.2. The van der Waals surface area contributed by atoms with Crippen molar-refractivity contribution in [2.75, 3.05) is 5.32 Å². The molecular formula is C10H6BrN3O4. The SMILES string of the molecule is O=C(Nc1nccnc1C(=O)O)c1ccc(Br)o1. The van der Waals surface area contributed by atoms with Gasteiger partial charge in [-0.05, 0) is 28.1 Å². The largest absolute Gasteiger partial charge is 0.476 e. The highest BCUT2D eigenvalue weighted by Gasteiger charge is 2.17. The highest BCUT2D eigenvalue weighted by Crippen LogP contribution is 2.16. The summed E-state index contributed by atoms with van der Waals surface area (Å²) in [5, 5.41) is 11.2. The number of amides is 1. The highest BCUT2D eigenvalue weighted by molar-refractivity contribution is 9.10. The lowest BCUT2D eigenvalue weighted by Crippen LogP contribution is -2.16. The van der Waals surface area contributed by atoms with Gasteiger partial charge in [-0.2, -0.15) is 0 Å². The predicted molar refractivity (Wildman–Crippen MR) is 63.4 cm³/mol. The lowest BCUT2D eigenvalue weighted by atomic mass is 10.3. The molecule has 0 bridgehead atoms. The average Bonchev–Trinajstić information content (AvgIpc) is 2.76. The number of anilines is 1. The van der Waals surface area contributed by atoms with Crippen molar-refractivity contribution in [3.05, 3.63) is 40.7 Å². The molecule has 2 aromatic rings. The number of aromatic nitrogens is 2. The smallest absolute Gasteiger partial charge is 0.358 e. The van der Waals surface area contributed by atoms with Crippen molar-refractivity contribution in [1.82, 2.24) is 9.97 Å². The molecule has 0 saturated carbocycles. The summed E-state index contributed by atoms with van der Waals surface area (Å²) >= 11 is 3.05. The molecule has 0 aromatic carbocycles. The molecule has 0 unspecified atom stereocenters. The summed E-state index contributed by atoms with van der Waals surface area (Å²) < 4.78 is 5.42. The summed E-state index contributed by atoms with van der Waals surface area (Å²) in [6, 6.07) is 2.99. The second kappa shape index (κ2) is 4.96. The fourth-order valence-electron chi connectivity index (χ4n) is 1.19. The van der Waals surface area contributed by atoms with Crippen LogP contribution in [0.3, 0.4) is 0 Å². The minimum absolute atomic E-state index is 0.0314. The van der Waals surface area contributed by atoms with E-state index in [1.165, 1.54) is 18.5 Å². The minimum Gasteiger partial charge on any atom is -0.476 e. The Bertz CT molecular complexity index is 611. The number of aromatic carboxylic acids is 1. The summed E-state index contributed by atoms with van der Waals surface area (Å²) in [5.74, 6) is -1.99. The Morgan fingerprint density at radius 1 is 1.28 bits per heavy atom. The lowest BCUT2D eigenvalue weighted by molar-refractivity contribution is 0.0691. The van der Waals surface area contributed by atoms with Crippen molar-refractivity contribution in [2.24, 2.45) is 0 Å². The topological polar surface area (TPSA) is 105 Å². The van der Waals surface area contributed by atoms with E-state index < -0.39 is 11.9 Å². The highest BCUT2D eigenvalue weighted by atomic mass is 79.9. The van der Waals surface area contributed by atoms with Gasteiger partial charge < -0.3 is 14.8 Å². The van der Waals surface area contributed by atoms with Gasteiger partial charge in [0.2, 0.25) is 0 Å². The van der Waals surface area contributed by atoms with Crippen molar-refractivity contribution >= 4 is 33.6 Å². The van der Waals surface area contributed by atoms with Crippen LogP contribution in [-0.2, 0) is 0 Å². The van der Waals surface area contributed by atoms with Crippen LogP contribution in [0.5, 0.6) is 0 Å². The predicted octanol–water partition coefficient (Wildman–Crippen LogP) is 1.78. The molecule has 0 aliphatic rings. The Balaban J connectivity index is 2.24. The van der Waals surface area contributed by atoms with E-state index in [2.05, 4.69) is 31.2 Å². The van der Waals surface area contributed by atoms with E-state index in [0.717, 1.165) is 0 Å². The third-order valence-electron chi connectivity index (χ3n) is 1.93. The third kappa shape index (κ3) is 2.54. The molecule has 0 saturated heterocycles. The quantitative estimate of drug-likeness (QED) is 0.895. The van der Waals surface area contributed by atoms with Crippen molar-refractivity contribution in [3.63, 3.8) is 0 Å². The molecule has 0 aliphatic heterocycles. The van der Waals surface area contributed by atoms with Gasteiger partial charge in [0.25, 0.3) is 5.91 Å². The number of nitrogens with zero attached hydrogens (tertiary/aromatic N) is 2. The molecule has 2 rings (SSSR count). The minimum atomic E-state index is -1.28. The molecule has 0 fully saturated rings. The van der Waals surface area contributed by atoms with Crippen LogP contribution >= 0.6 is 15.9 Å². The van der Waals surface area contributed by atoms with Crippen LogP contribution in [0.4, 0.5) is 5.82 Å². The van der Waals surface area contributed by atoms with Crippen molar-refractivity contribution < 1.29 is 19.1 Å². The number of hydrogen-bond donors (Lipinski definition) is 2. The molecular weight excluding hydrogens is 306 g/mol. The maximum absolute atomic E-state index is 11.7. The van der Waals surface area contributed by atoms with E-state index in [9.17, 15) is 9.59 Å². The van der Waals surface area contributed by atoms with Crippen LogP contribution < -0.4 is 5.32 Å². The zero-order valence-corrected chi connectivity index (χ0v) is 10.3. The van der Waals surface area contributed by atoms with Gasteiger partial charge in [0.05, 0.1) is 0 Å². The maximum Gasteiger partial charge on any atom is 0.358 e. The normalized spacial score (nSPS) is 10.1. The molecule has 8 heteroatoms. The van der Waals surface area contributed by atoms with E-state index in [-0.39, 0.29) is 17.3 Å². The number of carboxylic acids is 1. The van der Waals surface area contributed by atoms with E-state index in [0.29, 0.717) is 4.67 Å². The average molecular weight is 312 g/mol. The number of hydrogen-bond acceptors (Lipinski definition) is 5. The lowest BCUT2D eigenvalue weighted by Gasteiger charge is -2.04. The molecule has 1 amide bonds. The van der Waals surface area contributed by atoms with Crippen LogP contribution in [0.2, 0.25) is 0 Å². The van der Waals surface area contributed by atoms with Crippen molar-refractivity contribution in [3.8, 4) is 0 Å². The Labute approximate surface area is 109 Å². The molecule has 18 heavy (non-hydrogen) atoms. The number of carboxylic acid groups (broad SMARTS) is 1. The van der Waals surface area contributed by atoms with Gasteiger partial charge in [-0.1, -0.05) is 0 Å². The van der Waals surface area contributed by atoms with Crippen LogP contribution in [0, 0.1) is 0 Å². The molecule has 0 spiro atoms. The second-order valence-corrected chi connectivity index (χ2v) is 3.90. The summed E-state index contributed by atoms with van der Waals surface area (Å²) in [7, 11) is 0. The Morgan fingerprint density at radius 3 is 2.61 bits per heavy atom. The standard InChI is InChI=1S/C10H6BrN3O4/c11-6-2-1-5(18-6)9(15)14-8-7(10(16)17)12-3-4-13-8/h1-4H,(H,16,17)(H,13,14,15). The fourth-order valence-corrected chi connectivity index (χ4v) is 1.50. The first-order valence-corrected chi connectivity index (χ1v) is 5.48. The first-order chi connectivity index (χ1) is 8.58. The monoisotopic (exact) mass is 311 g/mol. The summed E-state index contributed by atoms with van der Waals surface area (Å²) in [5.41, 5.74) is -0.337. The number of furan rings is 1. The van der Waals surface area contributed by atoms with Crippen molar-refractivity contribution in [2.45, 2.75) is 0 Å². The Hall–Kier alpha value is -2.22. The molecule has 2 heterocycles. The summed E-state index contributed by atoms with van der Waals surface area (Å²) in [4.78, 5) is 29.9. The second-order valence-electron chi connectivity index (χ2n) is 3.12. The zero-order valence-electron chi connectivity index (χ0n) is 8.75. The summed E-state index contributed by atoms with van der Waals surface area (Å²) in [6.45, 7) is 0. The molecule has 0 radical (unpaired) electrons.